The van der Waals surface area contributed by atoms with Crippen molar-refractivity contribution < 1.29 is 13.5 Å². The van der Waals surface area contributed by atoms with Crippen LogP contribution in [0.1, 0.15) is 18.1 Å². The van der Waals surface area contributed by atoms with Crippen molar-refractivity contribution in [3.8, 4) is 5.88 Å². The number of hydrogen-bond donors (Lipinski definition) is 0. The molecule has 1 heterocycles. The topological polar surface area (TPSA) is 22.1 Å². The molecule has 0 aliphatic carbocycles. The quantitative estimate of drug-likeness (QED) is 0.747. The van der Waals surface area contributed by atoms with Crippen molar-refractivity contribution in [1.82, 2.24) is 4.98 Å². The van der Waals surface area contributed by atoms with E-state index in [1.807, 2.05) is 13.0 Å². The standard InChI is InChI=1S/C10H13F2NO/c1-3-8-4-7(2)10(13-5-8)14-6-9(11)12/h4-5,9H,3,6H2,1-2H3. The van der Waals surface area contributed by atoms with E-state index in [2.05, 4.69) is 4.98 Å². The lowest BCUT2D eigenvalue weighted by atomic mass is 10.2. The van der Waals surface area contributed by atoms with E-state index in [9.17, 15) is 8.78 Å². The van der Waals surface area contributed by atoms with Crippen LogP contribution < -0.4 is 4.74 Å². The minimum atomic E-state index is -2.46. The van der Waals surface area contributed by atoms with Gasteiger partial charge in [0.25, 0.3) is 6.43 Å². The summed E-state index contributed by atoms with van der Waals surface area (Å²) in [6.45, 7) is 3.21. The van der Waals surface area contributed by atoms with E-state index >= 15 is 0 Å². The van der Waals surface area contributed by atoms with Crippen LogP contribution in [0.3, 0.4) is 0 Å². The van der Waals surface area contributed by atoms with Gasteiger partial charge in [-0.1, -0.05) is 6.92 Å². The number of pyridine rings is 1. The van der Waals surface area contributed by atoms with Crippen molar-refractivity contribution in [3.63, 3.8) is 0 Å². The van der Waals surface area contributed by atoms with Crippen molar-refractivity contribution in [1.29, 1.82) is 0 Å². The minimum absolute atomic E-state index is 0.294. The lowest BCUT2D eigenvalue weighted by molar-refractivity contribution is 0.0792. The summed E-state index contributed by atoms with van der Waals surface area (Å²) in [5.74, 6) is 0.294. The fourth-order valence-electron chi connectivity index (χ4n) is 1.11. The summed E-state index contributed by atoms with van der Waals surface area (Å²) < 4.78 is 28.5. The van der Waals surface area contributed by atoms with E-state index in [4.69, 9.17) is 4.74 Å². The van der Waals surface area contributed by atoms with Crippen LogP contribution in [0.4, 0.5) is 8.78 Å². The molecule has 0 spiro atoms. The Balaban J connectivity index is 2.69. The maximum atomic E-state index is 11.8. The molecule has 1 rings (SSSR count). The van der Waals surface area contributed by atoms with Crippen molar-refractivity contribution in [2.24, 2.45) is 0 Å². The lowest BCUT2D eigenvalue weighted by Gasteiger charge is -2.07. The van der Waals surface area contributed by atoms with Crippen LogP contribution in [0, 0.1) is 6.92 Å². The second kappa shape index (κ2) is 4.88. The number of rotatable bonds is 4. The normalized spacial score (nSPS) is 10.6. The van der Waals surface area contributed by atoms with Crippen LogP contribution in [-0.2, 0) is 6.42 Å². The van der Waals surface area contributed by atoms with E-state index in [-0.39, 0.29) is 0 Å². The maximum absolute atomic E-state index is 11.8. The summed E-state index contributed by atoms with van der Waals surface area (Å²) in [6, 6.07) is 1.90. The molecule has 0 amide bonds. The average Bonchev–Trinajstić information content (AvgIpc) is 2.15. The molecular formula is C10H13F2NO. The molecule has 0 radical (unpaired) electrons. The number of alkyl halides is 2. The molecule has 78 valence electrons. The molecule has 0 unspecified atom stereocenters. The summed E-state index contributed by atoms with van der Waals surface area (Å²) in [4.78, 5) is 3.97. The Hall–Kier alpha value is -1.19. The molecule has 0 aliphatic heterocycles. The summed E-state index contributed by atoms with van der Waals surface area (Å²) in [7, 11) is 0. The largest absolute Gasteiger partial charge is 0.471 e. The van der Waals surface area contributed by atoms with Gasteiger partial charge in [-0.05, 0) is 25.0 Å². The zero-order chi connectivity index (χ0) is 10.6. The third-order valence-corrected chi connectivity index (χ3v) is 1.84. The van der Waals surface area contributed by atoms with Gasteiger partial charge >= 0.3 is 0 Å². The predicted molar refractivity (Wildman–Crippen MR) is 49.9 cm³/mol. The van der Waals surface area contributed by atoms with Gasteiger partial charge in [0.15, 0.2) is 6.61 Å². The summed E-state index contributed by atoms with van der Waals surface area (Å²) in [5.41, 5.74) is 1.87. The Kier molecular flexibility index (Phi) is 3.80. The van der Waals surface area contributed by atoms with Crippen LogP contribution in [0.5, 0.6) is 5.88 Å². The van der Waals surface area contributed by atoms with Crippen molar-refractivity contribution in [2.45, 2.75) is 26.7 Å². The van der Waals surface area contributed by atoms with E-state index in [0.717, 1.165) is 17.5 Å². The highest BCUT2D eigenvalue weighted by atomic mass is 19.3. The van der Waals surface area contributed by atoms with E-state index in [1.165, 1.54) is 0 Å². The highest BCUT2D eigenvalue weighted by Crippen LogP contribution is 2.16. The molecular weight excluding hydrogens is 188 g/mol. The summed E-state index contributed by atoms with van der Waals surface area (Å²) >= 11 is 0. The fraction of sp³-hybridized carbons (Fsp3) is 0.500. The zero-order valence-electron chi connectivity index (χ0n) is 8.26. The third kappa shape index (κ3) is 2.94. The molecule has 0 N–H and O–H groups in total. The number of ether oxygens (including phenoxy) is 1. The molecule has 0 aliphatic rings. The van der Waals surface area contributed by atoms with Gasteiger partial charge in [0, 0.05) is 11.8 Å². The number of halogens is 2. The minimum Gasteiger partial charge on any atom is -0.471 e. The Bertz CT molecular complexity index is 302. The average molecular weight is 201 g/mol. The number of hydrogen-bond acceptors (Lipinski definition) is 2. The highest BCUT2D eigenvalue weighted by molar-refractivity contribution is 5.28. The van der Waals surface area contributed by atoms with Gasteiger partial charge in [-0.3, -0.25) is 0 Å². The first kappa shape index (κ1) is 10.9. The molecule has 0 aromatic carbocycles. The van der Waals surface area contributed by atoms with Gasteiger partial charge in [-0.2, -0.15) is 0 Å². The van der Waals surface area contributed by atoms with E-state index < -0.39 is 13.0 Å². The molecule has 1 aromatic rings. The van der Waals surface area contributed by atoms with Crippen LogP contribution in [-0.4, -0.2) is 18.0 Å². The predicted octanol–water partition coefficient (Wildman–Crippen LogP) is 2.60. The number of nitrogens with zero attached hydrogens (tertiary/aromatic N) is 1. The van der Waals surface area contributed by atoms with Gasteiger partial charge in [0.05, 0.1) is 0 Å². The molecule has 0 saturated carbocycles. The Morgan fingerprint density at radius 3 is 2.71 bits per heavy atom. The third-order valence-electron chi connectivity index (χ3n) is 1.84. The first-order valence-electron chi connectivity index (χ1n) is 4.50. The molecule has 4 heteroatoms. The molecule has 2 nitrogen and oxygen atoms in total. The Morgan fingerprint density at radius 2 is 2.21 bits per heavy atom. The Morgan fingerprint density at radius 1 is 1.50 bits per heavy atom. The molecule has 0 bridgehead atoms. The highest BCUT2D eigenvalue weighted by Gasteiger charge is 2.06. The van der Waals surface area contributed by atoms with Gasteiger partial charge in [-0.25, -0.2) is 13.8 Å². The monoisotopic (exact) mass is 201 g/mol. The first-order valence-corrected chi connectivity index (χ1v) is 4.50. The molecule has 0 atom stereocenters. The van der Waals surface area contributed by atoms with E-state index in [0.29, 0.717) is 5.88 Å². The Labute approximate surface area is 81.9 Å². The van der Waals surface area contributed by atoms with E-state index in [1.54, 1.807) is 13.1 Å². The molecule has 0 saturated heterocycles. The van der Waals surface area contributed by atoms with Gasteiger partial charge in [0.2, 0.25) is 5.88 Å². The van der Waals surface area contributed by atoms with Crippen LogP contribution in [0.2, 0.25) is 0 Å². The summed E-state index contributed by atoms with van der Waals surface area (Å²) in [5, 5.41) is 0. The smallest absolute Gasteiger partial charge is 0.272 e. The van der Waals surface area contributed by atoms with Gasteiger partial charge in [0.1, 0.15) is 0 Å². The van der Waals surface area contributed by atoms with Crippen molar-refractivity contribution >= 4 is 0 Å². The SMILES string of the molecule is CCc1cnc(OCC(F)F)c(C)c1. The number of aryl methyl sites for hydroxylation is 2. The second-order valence-electron chi connectivity index (χ2n) is 3.02. The fourth-order valence-corrected chi connectivity index (χ4v) is 1.11. The molecule has 1 aromatic heterocycles. The molecule has 0 fully saturated rings. The van der Waals surface area contributed by atoms with Crippen molar-refractivity contribution in [2.75, 3.05) is 6.61 Å². The zero-order valence-corrected chi connectivity index (χ0v) is 8.26. The second-order valence-corrected chi connectivity index (χ2v) is 3.02. The van der Waals surface area contributed by atoms with Crippen LogP contribution in [0.15, 0.2) is 12.3 Å². The maximum Gasteiger partial charge on any atom is 0.272 e. The van der Waals surface area contributed by atoms with Gasteiger partial charge < -0.3 is 4.74 Å². The van der Waals surface area contributed by atoms with Crippen LogP contribution in [0.25, 0.3) is 0 Å². The number of aromatic nitrogens is 1. The first-order chi connectivity index (χ1) is 6.63. The van der Waals surface area contributed by atoms with Crippen molar-refractivity contribution in [3.05, 3.63) is 23.4 Å². The van der Waals surface area contributed by atoms with Gasteiger partial charge in [-0.15, -0.1) is 0 Å². The molecule has 14 heavy (non-hydrogen) atoms. The van der Waals surface area contributed by atoms with Crippen LogP contribution >= 0.6 is 0 Å². The summed E-state index contributed by atoms with van der Waals surface area (Å²) in [6.07, 6.45) is 0.0681. The lowest BCUT2D eigenvalue weighted by Crippen LogP contribution is -2.09.